The van der Waals surface area contributed by atoms with Gasteiger partial charge in [0.15, 0.2) is 0 Å². The number of para-hydroxylation sites is 1. The zero-order valence-electron chi connectivity index (χ0n) is 10.5. The molecule has 102 valence electrons. The third-order valence-electron chi connectivity index (χ3n) is 3.66. The maximum absolute atomic E-state index is 13.4. The van der Waals surface area contributed by atoms with Crippen molar-refractivity contribution in [3.05, 3.63) is 30.3 Å². The van der Waals surface area contributed by atoms with Crippen molar-refractivity contribution >= 4 is 23.4 Å². The number of halogens is 2. The molecule has 1 aliphatic heterocycles. The van der Waals surface area contributed by atoms with E-state index in [1.54, 1.807) is 4.90 Å². The number of rotatable bonds is 3. The minimum atomic E-state index is -1.01. The van der Waals surface area contributed by atoms with Crippen LogP contribution in [0.4, 0.5) is 10.1 Å². The molecule has 5 heteroatoms. The van der Waals surface area contributed by atoms with Gasteiger partial charge in [-0.3, -0.25) is 4.79 Å². The first kappa shape index (κ1) is 12.9. The van der Waals surface area contributed by atoms with E-state index in [0.717, 1.165) is 18.5 Å². The van der Waals surface area contributed by atoms with Crippen molar-refractivity contribution in [1.29, 1.82) is 0 Å². The van der Waals surface area contributed by atoms with Crippen LogP contribution < -0.4 is 4.90 Å². The summed E-state index contributed by atoms with van der Waals surface area (Å²) < 4.78 is 14.7. The zero-order valence-corrected chi connectivity index (χ0v) is 11.3. The molecular formula is C14H16ClFN2O. The summed E-state index contributed by atoms with van der Waals surface area (Å²) in [7, 11) is 0. The topological polar surface area (TPSA) is 23.6 Å². The molecular weight excluding hydrogens is 267 g/mol. The van der Waals surface area contributed by atoms with E-state index < -0.39 is 12.2 Å². The summed E-state index contributed by atoms with van der Waals surface area (Å²) in [6.07, 6.45) is 1.20. The molecule has 1 saturated carbocycles. The largest absolute Gasteiger partial charge is 0.308 e. The zero-order chi connectivity index (χ0) is 13.4. The third-order valence-corrected chi connectivity index (χ3v) is 4.03. The van der Waals surface area contributed by atoms with Gasteiger partial charge in [-0.2, -0.15) is 0 Å². The first-order valence-electron chi connectivity index (χ1n) is 6.61. The summed E-state index contributed by atoms with van der Waals surface area (Å²) in [5, 5.41) is 0. The summed E-state index contributed by atoms with van der Waals surface area (Å²) in [6, 6.07) is 9.26. The minimum absolute atomic E-state index is 0.0798. The maximum atomic E-state index is 13.4. The van der Waals surface area contributed by atoms with Crippen LogP contribution in [0.3, 0.4) is 0 Å². The van der Waals surface area contributed by atoms with Crippen molar-refractivity contribution in [3.8, 4) is 0 Å². The van der Waals surface area contributed by atoms with Crippen LogP contribution in [0.25, 0.3) is 0 Å². The second-order valence-electron chi connectivity index (χ2n) is 5.21. The van der Waals surface area contributed by atoms with Crippen molar-refractivity contribution in [2.75, 3.05) is 11.4 Å². The first-order chi connectivity index (χ1) is 9.16. The van der Waals surface area contributed by atoms with Gasteiger partial charge in [-0.05, 0) is 36.8 Å². The van der Waals surface area contributed by atoms with Crippen LogP contribution in [0.2, 0.25) is 0 Å². The number of alkyl halides is 1. The van der Waals surface area contributed by atoms with Gasteiger partial charge >= 0.3 is 0 Å². The second kappa shape index (κ2) is 5.10. The van der Waals surface area contributed by atoms with Gasteiger partial charge in [-0.25, -0.2) is 8.81 Å². The van der Waals surface area contributed by atoms with Gasteiger partial charge in [0.1, 0.15) is 12.2 Å². The normalized spacial score (nSPS) is 27.5. The molecule has 1 saturated heterocycles. The van der Waals surface area contributed by atoms with Gasteiger partial charge in [0, 0.05) is 24.7 Å². The molecule has 2 unspecified atom stereocenters. The molecule has 0 spiro atoms. The summed E-state index contributed by atoms with van der Waals surface area (Å²) in [5.41, 5.74) is 0.877. The van der Waals surface area contributed by atoms with E-state index in [0.29, 0.717) is 0 Å². The Morgan fingerprint density at radius 2 is 2.00 bits per heavy atom. The molecule has 0 bridgehead atoms. The van der Waals surface area contributed by atoms with Crippen molar-refractivity contribution in [1.82, 2.24) is 4.42 Å². The quantitative estimate of drug-likeness (QED) is 0.796. The summed E-state index contributed by atoms with van der Waals surface area (Å²) >= 11 is 5.97. The van der Waals surface area contributed by atoms with Gasteiger partial charge in [-0.15, -0.1) is 0 Å². The number of amides is 1. The molecule has 19 heavy (non-hydrogen) atoms. The molecule has 2 atom stereocenters. The van der Waals surface area contributed by atoms with Gasteiger partial charge < -0.3 is 4.90 Å². The maximum Gasteiger partial charge on any atom is 0.246 e. The van der Waals surface area contributed by atoms with Gasteiger partial charge in [0.25, 0.3) is 0 Å². The van der Waals surface area contributed by atoms with Crippen LogP contribution in [0, 0.1) is 0 Å². The lowest BCUT2D eigenvalue weighted by molar-refractivity contribution is -0.121. The number of carbonyl (C=O) groups is 1. The first-order valence-corrected chi connectivity index (χ1v) is 6.95. The molecule has 1 aliphatic carbocycles. The predicted molar refractivity (Wildman–Crippen MR) is 72.8 cm³/mol. The highest BCUT2D eigenvalue weighted by molar-refractivity contribution is 6.16. The monoisotopic (exact) mass is 282 g/mol. The molecule has 0 aromatic heterocycles. The van der Waals surface area contributed by atoms with Crippen LogP contribution in [-0.4, -0.2) is 35.1 Å². The Morgan fingerprint density at radius 3 is 2.53 bits per heavy atom. The average molecular weight is 283 g/mol. The fourth-order valence-electron chi connectivity index (χ4n) is 2.57. The van der Waals surface area contributed by atoms with E-state index in [4.69, 9.17) is 11.8 Å². The van der Waals surface area contributed by atoms with Crippen LogP contribution >= 0.6 is 11.8 Å². The summed E-state index contributed by atoms with van der Waals surface area (Å²) in [4.78, 5) is 14.4. The van der Waals surface area contributed by atoms with E-state index in [1.165, 1.54) is 4.42 Å². The smallest absolute Gasteiger partial charge is 0.246 e. The Labute approximate surface area is 117 Å². The van der Waals surface area contributed by atoms with Crippen molar-refractivity contribution in [2.24, 2.45) is 0 Å². The molecule has 1 aromatic carbocycles. The Hall–Kier alpha value is -1.13. The van der Waals surface area contributed by atoms with Gasteiger partial charge in [-0.1, -0.05) is 18.2 Å². The van der Waals surface area contributed by atoms with Crippen LogP contribution in [0.1, 0.15) is 19.3 Å². The van der Waals surface area contributed by atoms with Crippen LogP contribution in [0.5, 0.6) is 0 Å². The third kappa shape index (κ3) is 2.60. The van der Waals surface area contributed by atoms with Crippen molar-refractivity contribution in [2.45, 2.75) is 37.5 Å². The fourth-order valence-corrected chi connectivity index (χ4v) is 2.88. The molecule has 2 aliphatic rings. The van der Waals surface area contributed by atoms with E-state index >= 15 is 0 Å². The lowest BCUT2D eigenvalue weighted by atomic mass is 10.1. The number of hydrogen-bond acceptors (Lipinski definition) is 2. The summed E-state index contributed by atoms with van der Waals surface area (Å²) in [6.45, 7) is 0.130. The Balaban J connectivity index is 1.83. The van der Waals surface area contributed by atoms with Crippen molar-refractivity contribution < 1.29 is 9.18 Å². The SMILES string of the molecule is O=C(C1CC(F)CN1Cl)N(c1ccccc1)C1CC1. The fraction of sp³-hybridized carbons (Fsp3) is 0.500. The number of hydrogen-bond donors (Lipinski definition) is 0. The Bertz CT molecular complexity index is 466. The Kier molecular flexibility index (Phi) is 3.46. The number of nitrogens with zero attached hydrogens (tertiary/aromatic N) is 2. The van der Waals surface area contributed by atoms with E-state index in [9.17, 15) is 9.18 Å². The van der Waals surface area contributed by atoms with Gasteiger partial charge in [0.05, 0.1) is 0 Å². The molecule has 2 fully saturated rings. The number of anilines is 1. The minimum Gasteiger partial charge on any atom is -0.308 e. The number of carbonyl (C=O) groups excluding carboxylic acids is 1. The van der Waals surface area contributed by atoms with E-state index in [1.807, 2.05) is 30.3 Å². The second-order valence-corrected chi connectivity index (χ2v) is 5.64. The highest BCUT2D eigenvalue weighted by Crippen LogP contribution is 2.34. The number of benzene rings is 1. The predicted octanol–water partition coefficient (Wildman–Crippen LogP) is 2.75. The highest BCUT2D eigenvalue weighted by atomic mass is 35.5. The van der Waals surface area contributed by atoms with Gasteiger partial charge in [0.2, 0.25) is 5.91 Å². The average Bonchev–Trinajstić information content (AvgIpc) is 3.16. The standard InChI is InChI=1S/C14H16ClFN2O/c15-17-9-10(16)8-13(17)14(19)18(12-6-7-12)11-4-2-1-3-5-11/h1-5,10,12-13H,6-9H2. The highest BCUT2D eigenvalue weighted by Gasteiger charge is 2.43. The Morgan fingerprint density at radius 1 is 1.32 bits per heavy atom. The molecule has 1 heterocycles. The van der Waals surface area contributed by atoms with E-state index in [2.05, 4.69) is 0 Å². The lowest BCUT2D eigenvalue weighted by Crippen LogP contribution is -2.44. The molecule has 0 N–H and O–H groups in total. The molecule has 0 radical (unpaired) electrons. The van der Waals surface area contributed by atoms with E-state index in [-0.39, 0.29) is 24.9 Å². The molecule has 3 nitrogen and oxygen atoms in total. The summed E-state index contributed by atoms with van der Waals surface area (Å²) in [5.74, 6) is -0.0798. The lowest BCUT2D eigenvalue weighted by Gasteiger charge is -2.27. The van der Waals surface area contributed by atoms with Crippen molar-refractivity contribution in [3.63, 3.8) is 0 Å². The van der Waals surface area contributed by atoms with Crippen LogP contribution in [-0.2, 0) is 4.79 Å². The van der Waals surface area contributed by atoms with Crippen LogP contribution in [0.15, 0.2) is 30.3 Å². The molecule has 1 amide bonds. The molecule has 3 rings (SSSR count). The molecule has 1 aromatic rings.